The molecule has 1 aromatic rings. The van der Waals surface area contributed by atoms with E-state index in [0.29, 0.717) is 0 Å². The van der Waals surface area contributed by atoms with E-state index in [1.54, 1.807) is 0 Å². The molecule has 0 atom stereocenters. The fourth-order valence-corrected chi connectivity index (χ4v) is 0.998. The lowest BCUT2D eigenvalue weighted by Crippen LogP contribution is -2.04. The van der Waals surface area contributed by atoms with Gasteiger partial charge in [-0.2, -0.15) is 0 Å². The zero-order chi connectivity index (χ0) is 10.7. The summed E-state index contributed by atoms with van der Waals surface area (Å²) in [5.41, 5.74) is 4.35. The third-order valence-electron chi connectivity index (χ3n) is 1.70. The average molecular weight is 202 g/mol. The number of hydrogen-bond acceptors (Lipinski definition) is 4. The lowest BCUT2D eigenvalue weighted by molar-refractivity contribution is 0.110. The first-order valence-corrected chi connectivity index (χ1v) is 3.67. The van der Waals surface area contributed by atoms with Crippen LogP contribution in [-0.4, -0.2) is 18.4 Å². The molecule has 0 aliphatic heterocycles. The number of hydrogen-bond donors (Lipinski definition) is 1. The summed E-state index contributed by atoms with van der Waals surface area (Å²) in [5.74, 6) is 0.108. The number of alkyl halides is 2. The summed E-state index contributed by atoms with van der Waals surface area (Å²) >= 11 is 0. The number of rotatable bonds is 3. The van der Waals surface area contributed by atoms with Crippen LogP contribution in [0.5, 0.6) is 5.75 Å². The lowest BCUT2D eigenvalue weighted by Gasteiger charge is -2.09. The second kappa shape index (κ2) is 3.99. The van der Waals surface area contributed by atoms with Gasteiger partial charge in [0, 0.05) is 0 Å². The van der Waals surface area contributed by atoms with Crippen LogP contribution in [0, 0.1) is 0 Å². The standard InChI is InChI=1S/C8H8F2N2O2/c1-14-5-2-12-7(8(9)10)4(3-13)6(5)11/h2-3,8H,1H3,(H2,11,12). The van der Waals surface area contributed by atoms with Crippen molar-refractivity contribution in [3.8, 4) is 5.75 Å². The van der Waals surface area contributed by atoms with Crippen molar-refractivity contribution in [3.05, 3.63) is 17.5 Å². The Balaban J connectivity index is 3.35. The van der Waals surface area contributed by atoms with Crippen LogP contribution >= 0.6 is 0 Å². The molecule has 1 heterocycles. The molecule has 1 rings (SSSR count). The van der Waals surface area contributed by atoms with Crippen LogP contribution in [0.15, 0.2) is 6.20 Å². The van der Waals surface area contributed by atoms with Gasteiger partial charge in [0.15, 0.2) is 12.0 Å². The largest absolute Gasteiger partial charge is 0.493 e. The van der Waals surface area contributed by atoms with E-state index < -0.39 is 12.1 Å². The Bertz CT molecular complexity index is 355. The number of ether oxygens (including phenoxy) is 1. The number of carbonyl (C=O) groups excluding carboxylic acids is 1. The number of carbonyl (C=O) groups is 1. The van der Waals surface area contributed by atoms with E-state index in [1.165, 1.54) is 7.11 Å². The van der Waals surface area contributed by atoms with Gasteiger partial charge in [-0.1, -0.05) is 0 Å². The minimum Gasteiger partial charge on any atom is -0.493 e. The van der Waals surface area contributed by atoms with Crippen LogP contribution in [0.3, 0.4) is 0 Å². The number of nitrogen functional groups attached to an aromatic ring is 1. The highest BCUT2D eigenvalue weighted by atomic mass is 19.3. The van der Waals surface area contributed by atoms with E-state index in [-0.39, 0.29) is 23.3 Å². The van der Waals surface area contributed by atoms with Gasteiger partial charge in [0.05, 0.1) is 24.6 Å². The zero-order valence-corrected chi connectivity index (χ0v) is 7.33. The molecule has 0 unspecified atom stereocenters. The molecular formula is C8H8F2N2O2. The smallest absolute Gasteiger partial charge is 0.281 e. The molecule has 0 bridgehead atoms. The number of methoxy groups -OCH3 is 1. The van der Waals surface area contributed by atoms with Gasteiger partial charge < -0.3 is 10.5 Å². The third kappa shape index (κ3) is 1.63. The summed E-state index contributed by atoms with van der Waals surface area (Å²) in [6.45, 7) is 0. The number of nitrogens with zero attached hydrogens (tertiary/aromatic N) is 1. The highest BCUT2D eigenvalue weighted by Gasteiger charge is 2.19. The molecule has 0 radical (unpaired) electrons. The molecule has 0 aromatic carbocycles. The van der Waals surface area contributed by atoms with E-state index in [4.69, 9.17) is 10.5 Å². The highest BCUT2D eigenvalue weighted by molar-refractivity contribution is 5.87. The van der Waals surface area contributed by atoms with Gasteiger partial charge in [-0.25, -0.2) is 8.78 Å². The Morgan fingerprint density at radius 3 is 2.71 bits per heavy atom. The number of nitrogens with two attached hydrogens (primary N) is 1. The second-order valence-corrected chi connectivity index (χ2v) is 2.46. The van der Waals surface area contributed by atoms with Gasteiger partial charge in [-0.15, -0.1) is 0 Å². The van der Waals surface area contributed by atoms with Crippen LogP contribution in [0.1, 0.15) is 22.5 Å². The van der Waals surface area contributed by atoms with Gasteiger partial charge in [0.25, 0.3) is 6.43 Å². The molecule has 0 fully saturated rings. The number of aldehydes is 1. The van der Waals surface area contributed by atoms with Crippen molar-refractivity contribution in [1.82, 2.24) is 4.98 Å². The molecule has 14 heavy (non-hydrogen) atoms. The molecule has 0 amide bonds. The predicted octanol–water partition coefficient (Wildman–Crippen LogP) is 1.42. The van der Waals surface area contributed by atoms with Crippen molar-refractivity contribution >= 4 is 12.0 Å². The van der Waals surface area contributed by atoms with E-state index >= 15 is 0 Å². The Morgan fingerprint density at radius 2 is 2.29 bits per heavy atom. The van der Waals surface area contributed by atoms with Crippen molar-refractivity contribution in [3.63, 3.8) is 0 Å². The van der Waals surface area contributed by atoms with Crippen molar-refractivity contribution in [2.75, 3.05) is 12.8 Å². The van der Waals surface area contributed by atoms with Crippen LogP contribution in [0.2, 0.25) is 0 Å². The quantitative estimate of drug-likeness (QED) is 0.753. The zero-order valence-electron chi connectivity index (χ0n) is 7.33. The van der Waals surface area contributed by atoms with E-state index in [2.05, 4.69) is 4.98 Å². The van der Waals surface area contributed by atoms with Crippen molar-refractivity contribution in [2.24, 2.45) is 0 Å². The van der Waals surface area contributed by atoms with E-state index in [0.717, 1.165) is 6.20 Å². The molecule has 1 aromatic heterocycles. The topological polar surface area (TPSA) is 65.2 Å². The first-order valence-electron chi connectivity index (χ1n) is 3.67. The van der Waals surface area contributed by atoms with Crippen LogP contribution < -0.4 is 10.5 Å². The third-order valence-corrected chi connectivity index (χ3v) is 1.70. The molecule has 0 aliphatic rings. The Kier molecular flexibility index (Phi) is 2.95. The number of pyridine rings is 1. The Hall–Kier alpha value is -1.72. The maximum atomic E-state index is 12.3. The van der Waals surface area contributed by atoms with Gasteiger partial charge in [0.2, 0.25) is 0 Å². The summed E-state index contributed by atoms with van der Waals surface area (Å²) < 4.78 is 29.4. The molecule has 0 spiro atoms. The highest BCUT2D eigenvalue weighted by Crippen LogP contribution is 2.29. The SMILES string of the molecule is COc1cnc(C(F)F)c(C=O)c1N. The number of aromatic nitrogens is 1. The number of halogens is 2. The van der Waals surface area contributed by atoms with Crippen LogP contribution in [-0.2, 0) is 0 Å². The summed E-state index contributed by atoms with van der Waals surface area (Å²) in [6.07, 6.45) is -1.53. The molecule has 76 valence electrons. The van der Waals surface area contributed by atoms with Gasteiger partial charge >= 0.3 is 0 Å². The first kappa shape index (κ1) is 10.4. The maximum Gasteiger partial charge on any atom is 0.281 e. The molecule has 0 aliphatic carbocycles. The summed E-state index contributed by atoms with van der Waals surface area (Å²) in [7, 11) is 1.31. The normalized spacial score (nSPS) is 10.3. The summed E-state index contributed by atoms with van der Waals surface area (Å²) in [6, 6.07) is 0. The summed E-state index contributed by atoms with van der Waals surface area (Å²) in [5, 5.41) is 0. The van der Waals surface area contributed by atoms with Gasteiger partial charge in [-0.05, 0) is 0 Å². The second-order valence-electron chi connectivity index (χ2n) is 2.46. The van der Waals surface area contributed by atoms with Gasteiger partial charge in [0.1, 0.15) is 5.69 Å². The lowest BCUT2D eigenvalue weighted by atomic mass is 10.1. The molecule has 0 saturated carbocycles. The maximum absolute atomic E-state index is 12.3. The summed E-state index contributed by atoms with van der Waals surface area (Å²) in [4.78, 5) is 13.9. The van der Waals surface area contributed by atoms with E-state index in [9.17, 15) is 13.6 Å². The molecule has 6 heteroatoms. The molecule has 4 nitrogen and oxygen atoms in total. The molecule has 0 saturated heterocycles. The Labute approximate surface area is 78.7 Å². The fraction of sp³-hybridized carbons (Fsp3) is 0.250. The van der Waals surface area contributed by atoms with Crippen LogP contribution in [0.25, 0.3) is 0 Å². The minimum absolute atomic E-state index is 0.108. The molecular weight excluding hydrogens is 194 g/mol. The van der Waals surface area contributed by atoms with Crippen molar-refractivity contribution in [2.45, 2.75) is 6.43 Å². The van der Waals surface area contributed by atoms with Crippen molar-refractivity contribution < 1.29 is 18.3 Å². The molecule has 2 N–H and O–H groups in total. The van der Waals surface area contributed by atoms with E-state index in [1.807, 2.05) is 0 Å². The minimum atomic E-state index is -2.83. The predicted molar refractivity (Wildman–Crippen MR) is 45.5 cm³/mol. The number of anilines is 1. The Morgan fingerprint density at radius 1 is 1.64 bits per heavy atom. The first-order chi connectivity index (χ1) is 6.61. The fourth-order valence-electron chi connectivity index (χ4n) is 0.998. The average Bonchev–Trinajstić information content (AvgIpc) is 2.17. The van der Waals surface area contributed by atoms with Gasteiger partial charge in [-0.3, -0.25) is 9.78 Å². The monoisotopic (exact) mass is 202 g/mol. The van der Waals surface area contributed by atoms with Crippen molar-refractivity contribution in [1.29, 1.82) is 0 Å². The van der Waals surface area contributed by atoms with Crippen LogP contribution in [0.4, 0.5) is 14.5 Å².